The second kappa shape index (κ2) is 8.79. The third-order valence-electron chi connectivity index (χ3n) is 3.09. The van der Waals surface area contributed by atoms with E-state index in [0.29, 0.717) is 5.13 Å². The van der Waals surface area contributed by atoms with E-state index in [1.807, 2.05) is 13.8 Å². The highest BCUT2D eigenvalue weighted by molar-refractivity contribution is 8.00. The highest BCUT2D eigenvalue weighted by Gasteiger charge is 2.11. The minimum Gasteiger partial charge on any atom is -0.323 e. The molecule has 0 spiro atoms. The molecule has 2 amide bonds. The van der Waals surface area contributed by atoms with E-state index in [2.05, 4.69) is 15.6 Å². The number of carbonyl (C=O) groups is 2. The highest BCUT2D eigenvalue weighted by Crippen LogP contribution is 2.22. The van der Waals surface area contributed by atoms with Crippen LogP contribution < -0.4 is 10.6 Å². The van der Waals surface area contributed by atoms with Gasteiger partial charge in [-0.3, -0.25) is 9.59 Å². The first-order valence-electron chi connectivity index (χ1n) is 7.38. The Morgan fingerprint density at radius 1 is 1.21 bits per heavy atom. The Kier molecular flexibility index (Phi) is 6.74. The Morgan fingerprint density at radius 2 is 1.88 bits per heavy atom. The van der Waals surface area contributed by atoms with E-state index < -0.39 is 5.82 Å². The van der Waals surface area contributed by atoms with Crippen molar-refractivity contribution in [3.05, 3.63) is 40.7 Å². The van der Waals surface area contributed by atoms with Crippen molar-refractivity contribution in [2.45, 2.75) is 20.3 Å². The summed E-state index contributed by atoms with van der Waals surface area (Å²) in [6.07, 6.45) is 0.823. The first-order chi connectivity index (χ1) is 11.5. The summed E-state index contributed by atoms with van der Waals surface area (Å²) >= 11 is 2.60. The third-order valence-corrected chi connectivity index (χ3v) is 4.95. The number of amides is 2. The Hall–Kier alpha value is -1.93. The molecule has 2 aromatic rings. The second-order valence-electron chi connectivity index (χ2n) is 4.94. The molecule has 24 heavy (non-hydrogen) atoms. The van der Waals surface area contributed by atoms with Gasteiger partial charge in [-0.15, -0.1) is 23.1 Å². The maximum Gasteiger partial charge on any atom is 0.236 e. The van der Waals surface area contributed by atoms with E-state index in [1.54, 1.807) is 12.1 Å². The van der Waals surface area contributed by atoms with Crippen LogP contribution in [0, 0.1) is 12.7 Å². The number of aryl methyl sites for hydroxylation is 2. The fourth-order valence-electron chi connectivity index (χ4n) is 1.95. The van der Waals surface area contributed by atoms with Crippen molar-refractivity contribution in [3.63, 3.8) is 0 Å². The van der Waals surface area contributed by atoms with Gasteiger partial charge < -0.3 is 10.6 Å². The molecule has 0 fully saturated rings. The van der Waals surface area contributed by atoms with Crippen molar-refractivity contribution in [2.75, 3.05) is 22.1 Å². The lowest BCUT2D eigenvalue weighted by Crippen LogP contribution is -2.18. The van der Waals surface area contributed by atoms with E-state index >= 15 is 0 Å². The number of hydrogen-bond donors (Lipinski definition) is 2. The van der Waals surface area contributed by atoms with Crippen molar-refractivity contribution in [2.24, 2.45) is 0 Å². The van der Waals surface area contributed by atoms with Crippen LogP contribution in [0.2, 0.25) is 0 Å². The number of nitrogens with one attached hydrogen (secondary N) is 2. The van der Waals surface area contributed by atoms with Crippen LogP contribution in [-0.2, 0) is 16.0 Å². The summed E-state index contributed by atoms with van der Waals surface area (Å²) in [5, 5.41) is 5.78. The molecule has 128 valence electrons. The Bertz CT molecular complexity index is 734. The van der Waals surface area contributed by atoms with Crippen LogP contribution in [0.1, 0.15) is 17.5 Å². The van der Waals surface area contributed by atoms with Gasteiger partial charge in [0.2, 0.25) is 11.8 Å². The number of carbonyl (C=O) groups excluding carboxylic acids is 2. The molecule has 0 saturated heterocycles. The molecular formula is C16H18FN3O2S2. The number of rotatable bonds is 7. The van der Waals surface area contributed by atoms with Crippen LogP contribution >= 0.6 is 23.1 Å². The van der Waals surface area contributed by atoms with Crippen LogP contribution in [0.25, 0.3) is 0 Å². The van der Waals surface area contributed by atoms with Crippen LogP contribution in [0.5, 0.6) is 0 Å². The second-order valence-corrected chi connectivity index (χ2v) is 7.13. The van der Waals surface area contributed by atoms with Gasteiger partial charge in [0.25, 0.3) is 0 Å². The zero-order valence-electron chi connectivity index (χ0n) is 13.4. The van der Waals surface area contributed by atoms with Crippen LogP contribution in [0.3, 0.4) is 0 Å². The monoisotopic (exact) mass is 367 g/mol. The van der Waals surface area contributed by atoms with Crippen LogP contribution in [0.4, 0.5) is 15.2 Å². The van der Waals surface area contributed by atoms with E-state index in [9.17, 15) is 14.0 Å². The average molecular weight is 367 g/mol. The fraction of sp³-hybridized carbons (Fsp3) is 0.312. The molecule has 8 heteroatoms. The van der Waals surface area contributed by atoms with Crippen molar-refractivity contribution >= 4 is 45.7 Å². The summed E-state index contributed by atoms with van der Waals surface area (Å²) in [5.74, 6) is -0.852. The largest absolute Gasteiger partial charge is 0.323 e. The first kappa shape index (κ1) is 18.4. The number of benzene rings is 1. The van der Waals surface area contributed by atoms with Crippen molar-refractivity contribution in [1.82, 2.24) is 4.98 Å². The van der Waals surface area contributed by atoms with Gasteiger partial charge in [-0.2, -0.15) is 0 Å². The molecule has 0 aliphatic carbocycles. The van der Waals surface area contributed by atoms with Gasteiger partial charge in [-0.1, -0.05) is 19.1 Å². The zero-order chi connectivity index (χ0) is 17.5. The third kappa shape index (κ3) is 5.31. The molecule has 2 N–H and O–H groups in total. The topological polar surface area (TPSA) is 71.1 Å². The van der Waals surface area contributed by atoms with Gasteiger partial charge in [0.15, 0.2) is 5.13 Å². The molecule has 0 aliphatic heterocycles. The highest BCUT2D eigenvalue weighted by atomic mass is 32.2. The summed E-state index contributed by atoms with van der Waals surface area (Å²) in [5.41, 5.74) is 1.12. The quantitative estimate of drug-likeness (QED) is 0.786. The normalized spacial score (nSPS) is 10.5. The number of para-hydroxylation sites is 1. The molecule has 2 rings (SSSR count). The predicted molar refractivity (Wildman–Crippen MR) is 97.2 cm³/mol. The molecule has 0 atom stereocenters. The Morgan fingerprint density at radius 3 is 2.50 bits per heavy atom. The molecule has 1 heterocycles. The Balaban J connectivity index is 1.74. The van der Waals surface area contributed by atoms with Gasteiger partial charge in [0.1, 0.15) is 5.82 Å². The molecule has 0 unspecified atom stereocenters. The minimum absolute atomic E-state index is 0.0683. The zero-order valence-corrected chi connectivity index (χ0v) is 15.0. The standard InChI is InChI=1S/C16H18FN3O2S2/c1-3-12-10(2)24-16(19-12)20-15(22)9-23-8-14(21)18-13-7-5-4-6-11(13)17/h4-7H,3,8-9H2,1-2H3,(H,18,21)(H,19,20,22). The molecule has 0 radical (unpaired) electrons. The fourth-order valence-corrected chi connectivity index (χ4v) is 3.49. The number of thioether (sulfide) groups is 1. The van der Waals surface area contributed by atoms with E-state index in [4.69, 9.17) is 0 Å². The first-order valence-corrected chi connectivity index (χ1v) is 9.35. The summed E-state index contributed by atoms with van der Waals surface area (Å²) in [7, 11) is 0. The number of hydrogen-bond acceptors (Lipinski definition) is 5. The summed E-state index contributed by atoms with van der Waals surface area (Å²) in [6, 6.07) is 5.95. The molecule has 0 saturated carbocycles. The number of aromatic nitrogens is 1. The molecule has 1 aromatic heterocycles. The number of thiazole rings is 1. The average Bonchev–Trinajstić information content (AvgIpc) is 2.89. The maximum atomic E-state index is 13.4. The van der Waals surface area contributed by atoms with Crippen LogP contribution in [-0.4, -0.2) is 28.3 Å². The lowest BCUT2D eigenvalue weighted by Gasteiger charge is -2.06. The molecule has 0 aliphatic rings. The van der Waals surface area contributed by atoms with Gasteiger partial charge in [-0.25, -0.2) is 9.37 Å². The summed E-state index contributed by atoms with van der Waals surface area (Å²) < 4.78 is 13.4. The SMILES string of the molecule is CCc1nc(NC(=O)CSCC(=O)Nc2ccccc2F)sc1C. The summed E-state index contributed by atoms with van der Waals surface area (Å²) in [4.78, 5) is 29.0. The smallest absolute Gasteiger partial charge is 0.236 e. The molecule has 5 nitrogen and oxygen atoms in total. The van der Waals surface area contributed by atoms with E-state index in [0.717, 1.165) is 28.8 Å². The minimum atomic E-state index is -0.487. The van der Waals surface area contributed by atoms with Crippen molar-refractivity contribution in [1.29, 1.82) is 0 Å². The number of halogens is 1. The Labute approximate surface area is 148 Å². The molecule has 1 aromatic carbocycles. The van der Waals surface area contributed by atoms with Gasteiger partial charge in [0.05, 0.1) is 22.9 Å². The molecular weight excluding hydrogens is 349 g/mol. The lowest BCUT2D eigenvalue weighted by atomic mass is 10.3. The van der Waals surface area contributed by atoms with Crippen molar-refractivity contribution < 1.29 is 14.0 Å². The molecule has 0 bridgehead atoms. The van der Waals surface area contributed by atoms with E-state index in [-0.39, 0.29) is 29.0 Å². The predicted octanol–water partition coefficient (Wildman–Crippen LogP) is 3.46. The van der Waals surface area contributed by atoms with Gasteiger partial charge in [-0.05, 0) is 25.5 Å². The van der Waals surface area contributed by atoms with Crippen molar-refractivity contribution in [3.8, 4) is 0 Å². The lowest BCUT2D eigenvalue weighted by molar-refractivity contribution is -0.114. The summed E-state index contributed by atoms with van der Waals surface area (Å²) in [6.45, 7) is 3.98. The number of anilines is 2. The van der Waals surface area contributed by atoms with Crippen LogP contribution in [0.15, 0.2) is 24.3 Å². The maximum absolute atomic E-state index is 13.4. The number of nitrogens with zero attached hydrogens (tertiary/aromatic N) is 1. The van der Waals surface area contributed by atoms with Gasteiger partial charge >= 0.3 is 0 Å². The van der Waals surface area contributed by atoms with Gasteiger partial charge in [0, 0.05) is 4.88 Å². The van der Waals surface area contributed by atoms with E-state index in [1.165, 1.54) is 23.5 Å².